The zero-order valence-corrected chi connectivity index (χ0v) is 15.7. The first-order chi connectivity index (χ1) is 11.2. The van der Waals surface area contributed by atoms with Crippen LogP contribution >= 0.6 is 23.2 Å². The molecule has 0 bridgehead atoms. The Kier molecular flexibility index (Phi) is 7.94. The van der Waals surface area contributed by atoms with E-state index in [2.05, 4.69) is 11.9 Å². The number of halogens is 2. The Morgan fingerprint density at radius 3 is 2.52 bits per heavy atom. The number of hydrogen-bond donors (Lipinski definition) is 0. The van der Waals surface area contributed by atoms with Gasteiger partial charge in [0, 0.05) is 17.9 Å². The van der Waals surface area contributed by atoms with E-state index in [9.17, 15) is 0 Å². The standard InChI is InChI=1S/C18H27Cl2NO2/c1-3-4-5-6-7-8-9-17-22-12-15-14(10-19)16(11-20)21-13(2)18(15)23-17/h17H,3-12H2,1-2H3. The molecule has 1 aliphatic heterocycles. The van der Waals surface area contributed by atoms with Crippen molar-refractivity contribution in [2.24, 2.45) is 0 Å². The van der Waals surface area contributed by atoms with Crippen LogP contribution in [0.25, 0.3) is 0 Å². The van der Waals surface area contributed by atoms with Crippen LogP contribution in [0.2, 0.25) is 0 Å². The van der Waals surface area contributed by atoms with Crippen LogP contribution in [0.5, 0.6) is 5.75 Å². The Hall–Kier alpha value is -0.510. The van der Waals surface area contributed by atoms with Crippen molar-refractivity contribution >= 4 is 23.2 Å². The molecule has 1 aliphatic rings. The van der Waals surface area contributed by atoms with Crippen LogP contribution in [-0.2, 0) is 23.1 Å². The van der Waals surface area contributed by atoms with Crippen molar-refractivity contribution in [2.45, 2.75) is 83.5 Å². The van der Waals surface area contributed by atoms with Gasteiger partial charge in [-0.3, -0.25) is 4.98 Å². The highest BCUT2D eigenvalue weighted by Gasteiger charge is 2.26. The summed E-state index contributed by atoms with van der Waals surface area (Å²) >= 11 is 12.0. The van der Waals surface area contributed by atoms with Crippen molar-refractivity contribution in [2.75, 3.05) is 0 Å². The summed E-state index contributed by atoms with van der Waals surface area (Å²) in [5.74, 6) is 1.58. The molecule has 3 nitrogen and oxygen atoms in total. The number of alkyl halides is 2. The molecule has 0 fully saturated rings. The summed E-state index contributed by atoms with van der Waals surface area (Å²) in [5, 5.41) is 0. The third kappa shape index (κ3) is 4.98. The van der Waals surface area contributed by atoms with Crippen LogP contribution in [0, 0.1) is 6.92 Å². The van der Waals surface area contributed by atoms with Crippen LogP contribution in [0.4, 0.5) is 0 Å². The van der Waals surface area contributed by atoms with Gasteiger partial charge in [0.1, 0.15) is 5.75 Å². The van der Waals surface area contributed by atoms with E-state index < -0.39 is 0 Å². The minimum atomic E-state index is -0.167. The predicted molar refractivity (Wildman–Crippen MR) is 95.3 cm³/mol. The fourth-order valence-corrected chi connectivity index (χ4v) is 3.54. The molecule has 0 aromatic carbocycles. The molecule has 1 aromatic rings. The number of pyridine rings is 1. The van der Waals surface area contributed by atoms with Gasteiger partial charge >= 0.3 is 0 Å². The molecule has 0 saturated carbocycles. The van der Waals surface area contributed by atoms with Gasteiger partial charge in [0.15, 0.2) is 6.29 Å². The molecule has 2 heterocycles. The van der Waals surface area contributed by atoms with E-state index in [4.69, 9.17) is 32.7 Å². The first kappa shape index (κ1) is 18.8. The molecule has 0 saturated heterocycles. The molecular weight excluding hydrogens is 333 g/mol. The molecular formula is C18H27Cl2NO2. The van der Waals surface area contributed by atoms with Crippen molar-refractivity contribution in [3.8, 4) is 5.75 Å². The summed E-state index contributed by atoms with van der Waals surface area (Å²) in [4.78, 5) is 4.54. The van der Waals surface area contributed by atoms with Crippen molar-refractivity contribution in [1.82, 2.24) is 4.98 Å². The molecule has 0 radical (unpaired) electrons. The van der Waals surface area contributed by atoms with Gasteiger partial charge in [0.05, 0.1) is 23.9 Å². The first-order valence-electron chi connectivity index (χ1n) is 8.62. The second kappa shape index (κ2) is 9.71. The third-order valence-electron chi connectivity index (χ3n) is 4.33. The zero-order chi connectivity index (χ0) is 16.7. The van der Waals surface area contributed by atoms with Crippen LogP contribution in [0.1, 0.15) is 74.4 Å². The Balaban J connectivity index is 1.93. The largest absolute Gasteiger partial charge is 0.463 e. The highest BCUT2D eigenvalue weighted by atomic mass is 35.5. The summed E-state index contributed by atoms with van der Waals surface area (Å²) in [5.41, 5.74) is 3.68. The van der Waals surface area contributed by atoms with Gasteiger partial charge < -0.3 is 9.47 Å². The van der Waals surface area contributed by atoms with E-state index >= 15 is 0 Å². The quantitative estimate of drug-likeness (QED) is 0.409. The summed E-state index contributed by atoms with van der Waals surface area (Å²) < 4.78 is 11.9. The number of aromatic nitrogens is 1. The molecule has 0 spiro atoms. The molecule has 0 N–H and O–H groups in total. The minimum absolute atomic E-state index is 0.167. The normalized spacial score (nSPS) is 17.0. The van der Waals surface area contributed by atoms with Crippen LogP contribution in [-0.4, -0.2) is 11.3 Å². The van der Waals surface area contributed by atoms with Crippen LogP contribution in [0.15, 0.2) is 0 Å². The number of aryl methyl sites for hydroxylation is 1. The zero-order valence-electron chi connectivity index (χ0n) is 14.2. The highest BCUT2D eigenvalue weighted by Crippen LogP contribution is 2.35. The van der Waals surface area contributed by atoms with E-state index in [0.29, 0.717) is 18.4 Å². The second-order valence-electron chi connectivity index (χ2n) is 6.11. The molecule has 1 aromatic heterocycles. The minimum Gasteiger partial charge on any atom is -0.463 e. The van der Waals surface area contributed by atoms with Crippen molar-refractivity contribution in [3.63, 3.8) is 0 Å². The van der Waals surface area contributed by atoms with Crippen molar-refractivity contribution in [3.05, 3.63) is 22.5 Å². The first-order valence-corrected chi connectivity index (χ1v) is 9.69. The number of fused-ring (bicyclic) bond motifs is 1. The maximum absolute atomic E-state index is 6.07. The van der Waals surface area contributed by atoms with Gasteiger partial charge in [0.2, 0.25) is 0 Å². The molecule has 0 aliphatic carbocycles. The summed E-state index contributed by atoms with van der Waals surface area (Å²) in [6.07, 6.45) is 8.38. The predicted octanol–water partition coefficient (Wildman–Crippen LogP) is 5.85. The Morgan fingerprint density at radius 2 is 1.83 bits per heavy atom. The van der Waals surface area contributed by atoms with Crippen molar-refractivity contribution in [1.29, 1.82) is 0 Å². The van der Waals surface area contributed by atoms with Gasteiger partial charge in [-0.25, -0.2) is 0 Å². The van der Waals surface area contributed by atoms with Gasteiger partial charge in [0.25, 0.3) is 0 Å². The lowest BCUT2D eigenvalue weighted by atomic mass is 10.0. The number of nitrogens with zero attached hydrogens (tertiary/aromatic N) is 1. The van der Waals surface area contributed by atoms with Crippen LogP contribution in [0.3, 0.4) is 0 Å². The lowest BCUT2D eigenvalue weighted by molar-refractivity contribution is -0.113. The monoisotopic (exact) mass is 359 g/mol. The Labute approximate surface area is 149 Å². The number of hydrogen-bond acceptors (Lipinski definition) is 3. The molecule has 0 amide bonds. The average Bonchev–Trinajstić information content (AvgIpc) is 2.58. The number of unbranched alkanes of at least 4 members (excludes halogenated alkanes) is 5. The lowest BCUT2D eigenvalue weighted by Crippen LogP contribution is -2.27. The maximum atomic E-state index is 6.07. The summed E-state index contributed by atoms with van der Waals surface area (Å²) in [6.45, 7) is 4.73. The molecule has 23 heavy (non-hydrogen) atoms. The molecule has 1 atom stereocenters. The molecule has 130 valence electrons. The topological polar surface area (TPSA) is 31.4 Å². The number of rotatable bonds is 9. The van der Waals surface area contributed by atoms with Gasteiger partial charge in [-0.15, -0.1) is 23.2 Å². The average molecular weight is 360 g/mol. The maximum Gasteiger partial charge on any atom is 0.200 e. The Morgan fingerprint density at radius 1 is 1.09 bits per heavy atom. The number of ether oxygens (including phenoxy) is 2. The third-order valence-corrected chi connectivity index (χ3v) is 4.85. The van der Waals surface area contributed by atoms with Gasteiger partial charge in [-0.05, 0) is 18.9 Å². The SMILES string of the molecule is CCCCCCCCC1OCc2c(CCl)c(CCl)nc(C)c2O1. The summed E-state index contributed by atoms with van der Waals surface area (Å²) in [6, 6.07) is 0. The molecule has 2 rings (SSSR count). The fraction of sp³-hybridized carbons (Fsp3) is 0.722. The lowest BCUT2D eigenvalue weighted by Gasteiger charge is -2.29. The molecule has 5 heteroatoms. The molecule has 1 unspecified atom stereocenters. The Bertz CT molecular complexity index is 508. The van der Waals surface area contributed by atoms with E-state index in [-0.39, 0.29) is 6.29 Å². The van der Waals surface area contributed by atoms with Gasteiger partial charge in [-0.2, -0.15) is 0 Å². The summed E-state index contributed by atoms with van der Waals surface area (Å²) in [7, 11) is 0. The second-order valence-corrected chi connectivity index (χ2v) is 6.65. The van der Waals surface area contributed by atoms with Gasteiger partial charge in [-0.1, -0.05) is 39.0 Å². The van der Waals surface area contributed by atoms with Crippen LogP contribution < -0.4 is 4.74 Å². The highest BCUT2D eigenvalue weighted by molar-refractivity contribution is 6.18. The smallest absolute Gasteiger partial charge is 0.200 e. The van der Waals surface area contributed by atoms with E-state index in [1.54, 1.807) is 0 Å². The van der Waals surface area contributed by atoms with Crippen molar-refractivity contribution < 1.29 is 9.47 Å². The van der Waals surface area contributed by atoms with E-state index in [1.165, 1.54) is 32.1 Å². The van der Waals surface area contributed by atoms with E-state index in [0.717, 1.165) is 41.1 Å². The van der Waals surface area contributed by atoms with E-state index in [1.807, 2.05) is 6.92 Å². The fourth-order valence-electron chi connectivity index (χ4n) is 3.00.